The molecule has 0 saturated carbocycles. The molecule has 1 saturated heterocycles. The predicted molar refractivity (Wildman–Crippen MR) is 83.6 cm³/mol. The number of benzene rings is 1. The molecule has 1 aromatic rings. The van der Waals surface area contributed by atoms with Gasteiger partial charge in [0, 0.05) is 32.7 Å². The first-order valence-electron chi connectivity index (χ1n) is 7.57. The van der Waals surface area contributed by atoms with E-state index in [9.17, 15) is 0 Å². The average Bonchev–Trinajstić information content (AvgIpc) is 2.55. The Morgan fingerprint density at radius 3 is 2.05 bits per heavy atom. The SMILES string of the molecule is CCN1CCN(CCOc2c(OC)cccc2OC)CC1. The maximum Gasteiger partial charge on any atom is 0.203 e. The van der Waals surface area contributed by atoms with E-state index in [4.69, 9.17) is 14.2 Å². The van der Waals surface area contributed by atoms with Crippen molar-refractivity contribution in [1.82, 2.24) is 9.80 Å². The van der Waals surface area contributed by atoms with Gasteiger partial charge in [-0.05, 0) is 18.7 Å². The van der Waals surface area contributed by atoms with E-state index in [1.165, 1.54) is 0 Å². The molecule has 1 heterocycles. The summed E-state index contributed by atoms with van der Waals surface area (Å²) in [6.07, 6.45) is 0. The smallest absolute Gasteiger partial charge is 0.203 e. The molecule has 21 heavy (non-hydrogen) atoms. The van der Waals surface area contributed by atoms with Gasteiger partial charge < -0.3 is 19.1 Å². The first kappa shape index (κ1) is 15.9. The van der Waals surface area contributed by atoms with E-state index in [1.54, 1.807) is 14.2 Å². The third-order valence-electron chi connectivity index (χ3n) is 3.95. The lowest BCUT2D eigenvalue weighted by Crippen LogP contribution is -2.47. The van der Waals surface area contributed by atoms with Crippen LogP contribution in [-0.4, -0.2) is 69.9 Å². The summed E-state index contributed by atoms with van der Waals surface area (Å²) in [7, 11) is 3.29. The number of nitrogens with zero attached hydrogens (tertiary/aromatic N) is 2. The summed E-state index contributed by atoms with van der Waals surface area (Å²) in [5.74, 6) is 2.12. The van der Waals surface area contributed by atoms with Crippen LogP contribution < -0.4 is 14.2 Å². The standard InChI is InChI=1S/C16H26N2O3/c1-4-17-8-10-18(11-9-17)12-13-21-16-14(19-2)6-5-7-15(16)20-3/h5-7H,4,8-13H2,1-3H3. The molecule has 1 fully saturated rings. The number of ether oxygens (including phenoxy) is 3. The highest BCUT2D eigenvalue weighted by Gasteiger charge is 2.16. The van der Waals surface area contributed by atoms with Crippen molar-refractivity contribution in [3.63, 3.8) is 0 Å². The molecule has 1 aliphatic heterocycles. The van der Waals surface area contributed by atoms with Crippen LogP contribution >= 0.6 is 0 Å². The highest BCUT2D eigenvalue weighted by molar-refractivity contribution is 5.51. The van der Waals surface area contributed by atoms with Gasteiger partial charge in [-0.3, -0.25) is 4.90 Å². The van der Waals surface area contributed by atoms with E-state index in [1.807, 2.05) is 18.2 Å². The molecule has 5 heteroatoms. The normalized spacial score (nSPS) is 16.7. The fourth-order valence-electron chi connectivity index (χ4n) is 2.57. The lowest BCUT2D eigenvalue weighted by molar-refractivity contribution is 0.119. The minimum atomic E-state index is 0.642. The number of rotatable bonds is 7. The highest BCUT2D eigenvalue weighted by Crippen LogP contribution is 2.36. The van der Waals surface area contributed by atoms with Crippen molar-refractivity contribution in [2.75, 3.05) is 60.1 Å². The minimum absolute atomic E-state index is 0.642. The van der Waals surface area contributed by atoms with Gasteiger partial charge in [0.25, 0.3) is 0 Å². The maximum absolute atomic E-state index is 5.90. The topological polar surface area (TPSA) is 34.2 Å². The molecule has 0 unspecified atom stereocenters. The molecule has 0 N–H and O–H groups in total. The zero-order valence-electron chi connectivity index (χ0n) is 13.3. The van der Waals surface area contributed by atoms with Crippen LogP contribution in [-0.2, 0) is 0 Å². The van der Waals surface area contributed by atoms with Gasteiger partial charge in [0.05, 0.1) is 14.2 Å². The van der Waals surface area contributed by atoms with Crippen LogP contribution in [0.2, 0.25) is 0 Å². The average molecular weight is 294 g/mol. The summed E-state index contributed by atoms with van der Waals surface area (Å²) in [5, 5.41) is 0. The zero-order chi connectivity index (χ0) is 15.1. The molecule has 0 spiro atoms. The fraction of sp³-hybridized carbons (Fsp3) is 0.625. The fourth-order valence-corrected chi connectivity index (χ4v) is 2.57. The molecular weight excluding hydrogens is 268 g/mol. The Kier molecular flexibility index (Phi) is 6.14. The van der Waals surface area contributed by atoms with Gasteiger partial charge in [-0.25, -0.2) is 0 Å². The van der Waals surface area contributed by atoms with Gasteiger partial charge >= 0.3 is 0 Å². The van der Waals surface area contributed by atoms with Crippen LogP contribution in [0.1, 0.15) is 6.92 Å². The summed E-state index contributed by atoms with van der Waals surface area (Å²) < 4.78 is 16.6. The minimum Gasteiger partial charge on any atom is -0.493 e. The predicted octanol–water partition coefficient (Wildman–Crippen LogP) is 1.72. The summed E-state index contributed by atoms with van der Waals surface area (Å²) in [6.45, 7) is 9.45. The molecule has 0 aliphatic carbocycles. The number of hydrogen-bond donors (Lipinski definition) is 0. The molecule has 1 aliphatic rings. The van der Waals surface area contributed by atoms with Crippen molar-refractivity contribution in [3.8, 4) is 17.2 Å². The first-order valence-corrected chi connectivity index (χ1v) is 7.57. The molecule has 0 atom stereocenters. The number of para-hydroxylation sites is 1. The molecular formula is C16H26N2O3. The summed E-state index contributed by atoms with van der Waals surface area (Å²) >= 11 is 0. The Labute approximate surface area is 127 Å². The summed E-state index contributed by atoms with van der Waals surface area (Å²) in [4.78, 5) is 4.91. The van der Waals surface area contributed by atoms with Gasteiger partial charge in [-0.1, -0.05) is 13.0 Å². The van der Waals surface area contributed by atoms with Crippen molar-refractivity contribution < 1.29 is 14.2 Å². The second kappa shape index (κ2) is 8.10. The third-order valence-corrected chi connectivity index (χ3v) is 3.95. The number of methoxy groups -OCH3 is 2. The zero-order valence-corrected chi connectivity index (χ0v) is 13.3. The monoisotopic (exact) mass is 294 g/mol. The van der Waals surface area contributed by atoms with Crippen molar-refractivity contribution in [1.29, 1.82) is 0 Å². The Hall–Kier alpha value is -1.46. The van der Waals surface area contributed by atoms with E-state index < -0.39 is 0 Å². The van der Waals surface area contributed by atoms with E-state index in [0.29, 0.717) is 23.9 Å². The maximum atomic E-state index is 5.90. The van der Waals surface area contributed by atoms with Crippen LogP contribution in [0.4, 0.5) is 0 Å². The van der Waals surface area contributed by atoms with Crippen molar-refractivity contribution in [2.45, 2.75) is 6.92 Å². The van der Waals surface area contributed by atoms with E-state index in [0.717, 1.165) is 39.3 Å². The Bertz CT molecular complexity index is 409. The van der Waals surface area contributed by atoms with Gasteiger partial charge in [-0.15, -0.1) is 0 Å². The van der Waals surface area contributed by atoms with Gasteiger partial charge in [-0.2, -0.15) is 0 Å². The molecule has 1 aromatic carbocycles. The van der Waals surface area contributed by atoms with Gasteiger partial charge in [0.1, 0.15) is 6.61 Å². The molecule has 2 rings (SSSR count). The van der Waals surface area contributed by atoms with Crippen LogP contribution in [0, 0.1) is 0 Å². The number of likely N-dealkylation sites (N-methyl/N-ethyl adjacent to an activating group) is 1. The molecule has 5 nitrogen and oxygen atoms in total. The molecule has 0 aromatic heterocycles. The van der Waals surface area contributed by atoms with Gasteiger partial charge in [0.2, 0.25) is 5.75 Å². The van der Waals surface area contributed by atoms with Crippen LogP contribution in [0.25, 0.3) is 0 Å². The second-order valence-corrected chi connectivity index (χ2v) is 5.12. The second-order valence-electron chi connectivity index (χ2n) is 5.12. The Morgan fingerprint density at radius 1 is 0.952 bits per heavy atom. The van der Waals surface area contributed by atoms with Crippen molar-refractivity contribution >= 4 is 0 Å². The van der Waals surface area contributed by atoms with E-state index >= 15 is 0 Å². The Balaban J connectivity index is 1.83. The number of piperazine rings is 1. The van der Waals surface area contributed by atoms with Crippen molar-refractivity contribution in [3.05, 3.63) is 18.2 Å². The summed E-state index contributed by atoms with van der Waals surface area (Å²) in [5.41, 5.74) is 0. The van der Waals surface area contributed by atoms with E-state index in [-0.39, 0.29) is 0 Å². The molecule has 0 radical (unpaired) electrons. The highest BCUT2D eigenvalue weighted by atomic mass is 16.5. The lowest BCUT2D eigenvalue weighted by atomic mass is 10.3. The molecule has 0 amide bonds. The Morgan fingerprint density at radius 2 is 1.52 bits per heavy atom. The van der Waals surface area contributed by atoms with Crippen LogP contribution in [0.15, 0.2) is 18.2 Å². The van der Waals surface area contributed by atoms with Crippen LogP contribution in [0.3, 0.4) is 0 Å². The molecule has 0 bridgehead atoms. The van der Waals surface area contributed by atoms with Gasteiger partial charge in [0.15, 0.2) is 11.5 Å². The first-order chi connectivity index (χ1) is 10.3. The van der Waals surface area contributed by atoms with Crippen molar-refractivity contribution in [2.24, 2.45) is 0 Å². The van der Waals surface area contributed by atoms with Crippen LogP contribution in [0.5, 0.6) is 17.2 Å². The summed E-state index contributed by atoms with van der Waals surface area (Å²) in [6, 6.07) is 5.67. The number of hydrogen-bond acceptors (Lipinski definition) is 5. The van der Waals surface area contributed by atoms with E-state index in [2.05, 4.69) is 16.7 Å². The molecule has 118 valence electrons. The lowest BCUT2D eigenvalue weighted by Gasteiger charge is -2.33. The quantitative estimate of drug-likeness (QED) is 0.765. The largest absolute Gasteiger partial charge is 0.493 e. The third kappa shape index (κ3) is 4.25.